The maximum atomic E-state index is 12.8. The Hall–Kier alpha value is -1.85. The van der Waals surface area contributed by atoms with Gasteiger partial charge >= 0.3 is 0 Å². The minimum absolute atomic E-state index is 0.0734. The van der Waals surface area contributed by atoms with Crippen LogP contribution < -0.4 is 0 Å². The lowest BCUT2D eigenvalue weighted by Crippen LogP contribution is -2.47. The Labute approximate surface area is 130 Å². The van der Waals surface area contributed by atoms with Gasteiger partial charge in [-0.05, 0) is 18.8 Å². The smallest absolute Gasteiger partial charge is 0.276 e. The lowest BCUT2D eigenvalue weighted by Gasteiger charge is -2.35. The van der Waals surface area contributed by atoms with Crippen molar-refractivity contribution >= 4 is 11.8 Å². The Morgan fingerprint density at radius 2 is 2.05 bits per heavy atom. The molecule has 22 heavy (non-hydrogen) atoms. The van der Waals surface area contributed by atoms with E-state index in [0.717, 1.165) is 25.1 Å². The van der Waals surface area contributed by atoms with E-state index in [4.69, 9.17) is 4.52 Å². The Kier molecular flexibility index (Phi) is 3.93. The van der Waals surface area contributed by atoms with Crippen molar-refractivity contribution in [1.29, 1.82) is 0 Å². The molecule has 0 aromatic carbocycles. The molecule has 0 saturated carbocycles. The fourth-order valence-corrected chi connectivity index (χ4v) is 3.40. The average Bonchev–Trinajstić information content (AvgIpc) is 2.79. The van der Waals surface area contributed by atoms with Crippen molar-refractivity contribution in [3.05, 3.63) is 17.5 Å². The number of carbonyl (C=O) groups is 2. The molecule has 4 rings (SSSR count). The van der Waals surface area contributed by atoms with Gasteiger partial charge in [-0.25, -0.2) is 0 Å². The standard InChI is InChI=1S/C16H23N3O3/c1-10(2)15-6-14(17-22-15)16(21)19-8-12-4-5-13(19)9-18(7-12)11(3)20/h6,10,12-13H,4-5,7-9H2,1-3H3/t12-,13+/m1/s1. The van der Waals surface area contributed by atoms with Gasteiger partial charge in [-0.15, -0.1) is 0 Å². The fourth-order valence-electron chi connectivity index (χ4n) is 3.40. The number of rotatable bonds is 2. The van der Waals surface area contributed by atoms with E-state index >= 15 is 0 Å². The van der Waals surface area contributed by atoms with Crippen LogP contribution in [0.15, 0.2) is 10.6 Å². The quantitative estimate of drug-likeness (QED) is 0.836. The molecule has 2 atom stereocenters. The second kappa shape index (κ2) is 5.74. The van der Waals surface area contributed by atoms with Crippen molar-refractivity contribution in [2.45, 2.75) is 45.6 Å². The van der Waals surface area contributed by atoms with Crippen LogP contribution in [0, 0.1) is 5.92 Å². The summed E-state index contributed by atoms with van der Waals surface area (Å²) in [5.74, 6) is 1.32. The first-order valence-corrected chi connectivity index (χ1v) is 7.98. The van der Waals surface area contributed by atoms with Crippen molar-refractivity contribution in [3.8, 4) is 0 Å². The first-order valence-electron chi connectivity index (χ1n) is 7.98. The highest BCUT2D eigenvalue weighted by Gasteiger charge is 2.38. The summed E-state index contributed by atoms with van der Waals surface area (Å²) < 4.78 is 5.25. The molecule has 2 amide bonds. The second-order valence-electron chi connectivity index (χ2n) is 6.75. The van der Waals surface area contributed by atoms with Crippen LogP contribution in [0.1, 0.15) is 55.8 Å². The highest BCUT2D eigenvalue weighted by Crippen LogP contribution is 2.29. The molecule has 3 aliphatic rings. The summed E-state index contributed by atoms with van der Waals surface area (Å²) in [6.07, 6.45) is 2.03. The molecular weight excluding hydrogens is 282 g/mol. The first kappa shape index (κ1) is 15.1. The highest BCUT2D eigenvalue weighted by atomic mass is 16.5. The summed E-state index contributed by atoms with van der Waals surface area (Å²) in [7, 11) is 0. The third-order valence-corrected chi connectivity index (χ3v) is 4.74. The molecule has 1 aromatic heterocycles. The van der Waals surface area contributed by atoms with Crippen molar-refractivity contribution < 1.29 is 14.1 Å². The molecule has 6 nitrogen and oxygen atoms in total. The maximum Gasteiger partial charge on any atom is 0.276 e. The topological polar surface area (TPSA) is 66.7 Å². The van der Waals surface area contributed by atoms with Gasteiger partial charge in [-0.2, -0.15) is 0 Å². The third kappa shape index (κ3) is 2.74. The van der Waals surface area contributed by atoms with Gasteiger partial charge in [0.15, 0.2) is 5.69 Å². The lowest BCUT2D eigenvalue weighted by atomic mass is 9.94. The molecule has 0 spiro atoms. The Bertz CT molecular complexity index is 581. The molecule has 0 radical (unpaired) electrons. The lowest BCUT2D eigenvalue weighted by molar-refractivity contribution is -0.129. The maximum absolute atomic E-state index is 12.8. The molecule has 3 saturated heterocycles. The summed E-state index contributed by atoms with van der Waals surface area (Å²) in [6.45, 7) is 7.71. The van der Waals surface area contributed by atoms with Crippen LogP contribution in [-0.2, 0) is 4.79 Å². The van der Waals surface area contributed by atoms with E-state index in [0.29, 0.717) is 24.7 Å². The number of carbonyl (C=O) groups excluding carboxylic acids is 2. The average molecular weight is 305 g/mol. The molecule has 0 aliphatic carbocycles. The van der Waals surface area contributed by atoms with Gasteiger partial charge in [0.25, 0.3) is 5.91 Å². The Morgan fingerprint density at radius 3 is 2.68 bits per heavy atom. The van der Waals surface area contributed by atoms with Crippen LogP contribution in [0.2, 0.25) is 0 Å². The molecule has 120 valence electrons. The van der Waals surface area contributed by atoms with Crippen LogP contribution in [-0.4, -0.2) is 52.4 Å². The first-order chi connectivity index (χ1) is 10.5. The van der Waals surface area contributed by atoms with Crippen LogP contribution in [0.5, 0.6) is 0 Å². The summed E-state index contributed by atoms with van der Waals surface area (Å²) in [4.78, 5) is 28.2. The predicted octanol–water partition coefficient (Wildman–Crippen LogP) is 1.88. The number of hydrogen-bond donors (Lipinski definition) is 0. The number of piperidine rings is 1. The summed E-state index contributed by atoms with van der Waals surface area (Å²) in [5.41, 5.74) is 0.380. The van der Waals surface area contributed by atoms with E-state index in [9.17, 15) is 9.59 Å². The van der Waals surface area contributed by atoms with Gasteiger partial charge in [0.05, 0.1) is 0 Å². The van der Waals surface area contributed by atoms with E-state index in [1.54, 1.807) is 13.0 Å². The van der Waals surface area contributed by atoms with Gasteiger partial charge in [0, 0.05) is 44.6 Å². The third-order valence-electron chi connectivity index (χ3n) is 4.74. The van der Waals surface area contributed by atoms with Crippen LogP contribution in [0.3, 0.4) is 0 Å². The number of fused-ring (bicyclic) bond motifs is 4. The number of amides is 2. The summed E-state index contributed by atoms with van der Waals surface area (Å²) >= 11 is 0. The summed E-state index contributed by atoms with van der Waals surface area (Å²) in [5, 5.41) is 3.93. The van der Waals surface area contributed by atoms with Crippen LogP contribution in [0.4, 0.5) is 0 Å². The number of aromatic nitrogens is 1. The molecule has 2 bridgehead atoms. The zero-order valence-corrected chi connectivity index (χ0v) is 13.4. The number of hydrogen-bond acceptors (Lipinski definition) is 4. The minimum atomic E-state index is -0.0734. The fraction of sp³-hybridized carbons (Fsp3) is 0.688. The van der Waals surface area contributed by atoms with Gasteiger partial charge < -0.3 is 14.3 Å². The number of nitrogens with zero attached hydrogens (tertiary/aromatic N) is 3. The summed E-state index contributed by atoms with van der Waals surface area (Å²) in [6, 6.07) is 1.84. The molecule has 0 N–H and O–H groups in total. The van der Waals surface area contributed by atoms with Crippen molar-refractivity contribution in [1.82, 2.24) is 15.0 Å². The normalized spacial score (nSPS) is 24.7. The monoisotopic (exact) mass is 305 g/mol. The van der Waals surface area contributed by atoms with Gasteiger partial charge in [-0.3, -0.25) is 9.59 Å². The highest BCUT2D eigenvalue weighted by molar-refractivity contribution is 5.92. The molecule has 3 fully saturated rings. The van der Waals surface area contributed by atoms with Crippen molar-refractivity contribution in [2.75, 3.05) is 19.6 Å². The predicted molar refractivity (Wildman–Crippen MR) is 80.4 cm³/mol. The molecule has 0 unspecified atom stereocenters. The molecule has 6 heteroatoms. The zero-order chi connectivity index (χ0) is 15.9. The van der Waals surface area contributed by atoms with E-state index < -0.39 is 0 Å². The van der Waals surface area contributed by atoms with E-state index in [-0.39, 0.29) is 23.8 Å². The molecule has 4 heterocycles. The van der Waals surface area contributed by atoms with E-state index in [1.165, 1.54) is 0 Å². The molecule has 3 aliphatic heterocycles. The Morgan fingerprint density at radius 1 is 1.27 bits per heavy atom. The second-order valence-corrected chi connectivity index (χ2v) is 6.75. The minimum Gasteiger partial charge on any atom is -0.360 e. The van der Waals surface area contributed by atoms with Gasteiger partial charge in [-0.1, -0.05) is 19.0 Å². The van der Waals surface area contributed by atoms with Crippen molar-refractivity contribution in [3.63, 3.8) is 0 Å². The van der Waals surface area contributed by atoms with Crippen LogP contribution in [0.25, 0.3) is 0 Å². The Balaban J connectivity index is 1.79. The van der Waals surface area contributed by atoms with Gasteiger partial charge in [0.1, 0.15) is 5.76 Å². The van der Waals surface area contributed by atoms with E-state index in [2.05, 4.69) is 5.16 Å². The molecule has 1 aromatic rings. The van der Waals surface area contributed by atoms with Crippen LogP contribution >= 0.6 is 0 Å². The van der Waals surface area contributed by atoms with Crippen molar-refractivity contribution in [2.24, 2.45) is 5.92 Å². The zero-order valence-electron chi connectivity index (χ0n) is 13.4. The molecular formula is C16H23N3O3. The van der Waals surface area contributed by atoms with Gasteiger partial charge in [0.2, 0.25) is 5.91 Å². The van der Waals surface area contributed by atoms with E-state index in [1.807, 2.05) is 23.6 Å². The SMILES string of the molecule is CC(=O)N1C[C@H]2CC[C@@H](C1)N(C(=O)c1cc(C(C)C)on1)C2. The largest absolute Gasteiger partial charge is 0.360 e.